The fourth-order valence-corrected chi connectivity index (χ4v) is 19.2. The van der Waals surface area contributed by atoms with Crippen LogP contribution in [0.3, 0.4) is 0 Å². The Balaban J connectivity index is 0.896. The molecule has 6 saturated carbocycles. The van der Waals surface area contributed by atoms with E-state index >= 15 is 0 Å². The molecule has 0 bridgehead atoms. The molecule has 16 atom stereocenters. The number of anilines is 1. The number of carboxylic acid groups (broad SMARTS) is 1. The molecule has 9 rings (SSSR count). The number of ketones is 1. The van der Waals surface area contributed by atoms with Crippen LogP contribution in [0, 0.1) is 75.4 Å². The summed E-state index contributed by atoms with van der Waals surface area (Å²) in [6.45, 7) is 22.2. The van der Waals surface area contributed by atoms with E-state index < -0.39 is 25.0 Å². The lowest BCUT2D eigenvalue weighted by Crippen LogP contribution is -2.63. The van der Waals surface area contributed by atoms with Gasteiger partial charge in [-0.05, 0) is 197 Å². The fourth-order valence-electron chi connectivity index (χ4n) is 17.8. The van der Waals surface area contributed by atoms with Crippen molar-refractivity contribution >= 4 is 24.8 Å². The summed E-state index contributed by atoms with van der Waals surface area (Å²) < 4.78 is 33.7. The van der Waals surface area contributed by atoms with Crippen molar-refractivity contribution in [3.05, 3.63) is 77.9 Å². The highest BCUT2D eigenvalue weighted by atomic mass is 31.2. The molecular formula is C62H88NO9P. The molecule has 0 amide bonds. The van der Waals surface area contributed by atoms with Crippen LogP contribution in [0.15, 0.2) is 72.4 Å². The van der Waals surface area contributed by atoms with Gasteiger partial charge in [-0.15, -0.1) is 19.1 Å². The number of allylic oxidation sites excluding steroid dienone is 6. The Morgan fingerprint density at radius 1 is 0.959 bits per heavy atom. The predicted octanol–water partition coefficient (Wildman–Crippen LogP) is 12.3. The number of carbonyl (C=O) groups is 2. The molecule has 8 aliphatic rings. The number of fused-ring (bicyclic) bond motifs is 9. The van der Waals surface area contributed by atoms with Gasteiger partial charge in [0.15, 0.2) is 12.6 Å². The number of ether oxygens (including phenoxy) is 2. The van der Waals surface area contributed by atoms with Crippen LogP contribution in [-0.2, 0) is 28.2 Å². The molecule has 0 saturated heterocycles. The first-order valence-corrected chi connectivity index (χ1v) is 30.2. The summed E-state index contributed by atoms with van der Waals surface area (Å²) >= 11 is 0. The van der Waals surface area contributed by atoms with Gasteiger partial charge in [0, 0.05) is 55.8 Å². The Labute approximate surface area is 437 Å². The molecule has 1 aromatic carbocycles. The first-order chi connectivity index (χ1) is 34.7. The molecular weight excluding hydrogens is 934 g/mol. The molecule has 2 unspecified atom stereocenters. The van der Waals surface area contributed by atoms with Gasteiger partial charge in [-0.3, -0.25) is 14.2 Å². The lowest BCUT2D eigenvalue weighted by Gasteiger charge is -2.65. The fraction of sp³-hybridized carbons (Fsp3) is 0.710. The number of likely N-dealkylation sites (N-methyl/N-ethyl adjacent to an activating group) is 1. The van der Waals surface area contributed by atoms with E-state index in [0.29, 0.717) is 44.1 Å². The number of carbonyl (C=O) groups excluding carboxylic acids is 1. The van der Waals surface area contributed by atoms with Crippen molar-refractivity contribution in [1.82, 2.24) is 0 Å². The second-order valence-electron chi connectivity index (χ2n) is 25.4. The largest absolute Gasteiger partial charge is 0.481 e. The van der Waals surface area contributed by atoms with E-state index in [2.05, 4.69) is 95.8 Å². The van der Waals surface area contributed by atoms with E-state index in [1.807, 2.05) is 13.0 Å². The number of benzene rings is 1. The van der Waals surface area contributed by atoms with Crippen molar-refractivity contribution in [1.29, 1.82) is 0 Å². The summed E-state index contributed by atoms with van der Waals surface area (Å²) in [7, 11) is -0.906. The number of carboxylic acids is 1. The van der Waals surface area contributed by atoms with Gasteiger partial charge in [0.05, 0.1) is 24.4 Å². The van der Waals surface area contributed by atoms with Crippen LogP contribution in [0.1, 0.15) is 156 Å². The number of aliphatic hydroxyl groups excluding tert-OH is 1. The second-order valence-corrected chi connectivity index (χ2v) is 28.1. The maximum Gasteiger partial charge on any atom is 0.303 e. The number of aliphatic hydroxyl groups is 2. The SMILES string of the molecule is C=CCP(=O)(CC=C)OCO[C@@H]1C[C@@H]2C[C@@](C)(OCCN(C)c3ccc([C@@H]4C[C@@]5(C)C(CC[C@]5(O)C#CC)C5CCC6=CC(=O)CCC6=C54)cc3)CC[C@]2(C)[C@H]2C[C@H](O)[C@]3(C)[C@@H]([C@H](C)CCC(=O)O)CC[C@H]3[C@H]12. The van der Waals surface area contributed by atoms with Gasteiger partial charge in [0.1, 0.15) is 5.60 Å². The minimum atomic E-state index is -3.05. The van der Waals surface area contributed by atoms with Crippen molar-refractivity contribution in [3.8, 4) is 11.8 Å². The Bertz CT molecular complexity index is 2440. The minimum absolute atomic E-state index is 0.0275. The van der Waals surface area contributed by atoms with Gasteiger partial charge in [0.25, 0.3) is 0 Å². The topological polar surface area (TPSA) is 143 Å². The molecule has 10 nitrogen and oxygen atoms in total. The zero-order valence-electron chi connectivity index (χ0n) is 45.3. The summed E-state index contributed by atoms with van der Waals surface area (Å²) in [6, 6.07) is 9.09. The zero-order chi connectivity index (χ0) is 52.3. The van der Waals surface area contributed by atoms with Crippen LogP contribution in [0.5, 0.6) is 0 Å². The van der Waals surface area contributed by atoms with E-state index in [9.17, 15) is 29.5 Å². The highest BCUT2D eigenvalue weighted by Gasteiger charge is 2.67. The second kappa shape index (κ2) is 20.9. The lowest BCUT2D eigenvalue weighted by atomic mass is 9.42. The van der Waals surface area contributed by atoms with Crippen LogP contribution in [0.25, 0.3) is 0 Å². The molecule has 11 heteroatoms. The summed E-state index contributed by atoms with van der Waals surface area (Å²) in [5, 5.41) is 34.1. The molecule has 400 valence electrons. The summed E-state index contributed by atoms with van der Waals surface area (Å²) in [5.41, 5.74) is 4.53. The Kier molecular flexibility index (Phi) is 15.6. The molecule has 73 heavy (non-hydrogen) atoms. The molecule has 0 aliphatic heterocycles. The van der Waals surface area contributed by atoms with Crippen LogP contribution in [-0.4, -0.2) is 89.8 Å². The van der Waals surface area contributed by atoms with Gasteiger partial charge < -0.3 is 34.2 Å². The molecule has 0 heterocycles. The third-order valence-electron chi connectivity index (χ3n) is 21.8. The van der Waals surface area contributed by atoms with Crippen molar-refractivity contribution in [2.75, 3.05) is 44.2 Å². The number of nitrogens with zero attached hydrogens (tertiary/aromatic N) is 1. The van der Waals surface area contributed by atoms with Crippen LogP contribution >= 0.6 is 7.37 Å². The monoisotopic (exact) mass is 1020 g/mol. The maximum atomic E-state index is 13.7. The average Bonchev–Trinajstić information content (AvgIpc) is 3.84. The Morgan fingerprint density at radius 2 is 1.70 bits per heavy atom. The van der Waals surface area contributed by atoms with E-state index in [-0.39, 0.29) is 101 Å². The van der Waals surface area contributed by atoms with Gasteiger partial charge in [-0.2, -0.15) is 0 Å². The first kappa shape index (κ1) is 54.5. The first-order valence-electron chi connectivity index (χ1n) is 28.2. The van der Waals surface area contributed by atoms with Gasteiger partial charge >= 0.3 is 5.97 Å². The molecule has 6 fully saturated rings. The van der Waals surface area contributed by atoms with E-state index in [1.165, 1.54) is 22.3 Å². The number of rotatable bonds is 18. The highest BCUT2D eigenvalue weighted by Crippen LogP contribution is 2.70. The van der Waals surface area contributed by atoms with Crippen molar-refractivity contribution in [2.24, 2.45) is 63.6 Å². The summed E-state index contributed by atoms with van der Waals surface area (Å²) in [5.74, 6) is 8.07. The zero-order valence-corrected chi connectivity index (χ0v) is 46.2. The maximum absolute atomic E-state index is 13.7. The normalized spacial score (nSPS) is 40.1. The Hall–Kier alpha value is -3.29. The molecule has 0 radical (unpaired) electrons. The summed E-state index contributed by atoms with van der Waals surface area (Å²) in [6.07, 6.45) is 18.0. The molecule has 1 aromatic rings. The Morgan fingerprint density at radius 3 is 2.40 bits per heavy atom. The van der Waals surface area contributed by atoms with Gasteiger partial charge in [-0.1, -0.05) is 63.5 Å². The standard InChI is InChI=1S/C62H88NO9P/c1-10-26-62(68)27-25-50-47-20-16-42-34-45(64)19-21-46(42)56(47)48(38-60(50,62)7)41-14-17-44(18-15-41)63(9)30-31-71-58(5)28-29-59(6)43(37-58)35-53(70-39-72-73(69,32-11-2)33-12-3)57-51-23-22-49(40(4)13-24-55(66)67)61(51,8)54(65)36-52(57)59/h11-12,14-15,17-18,34,40,43,47-54,57,65,68H,2-3,13,16,19-25,27-33,35-39H2,1,4-9H3,(H,66,67)/t40-,43-,47?,48+,49-,50?,51+,52+,53-,54+,57+,58+,59+,60+,61-,62-/m1/s1. The lowest BCUT2D eigenvalue weighted by molar-refractivity contribution is -0.234. The molecule has 8 aliphatic carbocycles. The van der Waals surface area contributed by atoms with E-state index in [0.717, 1.165) is 82.9 Å². The highest BCUT2D eigenvalue weighted by molar-refractivity contribution is 7.59. The molecule has 3 N–H and O–H groups in total. The predicted molar refractivity (Wildman–Crippen MR) is 289 cm³/mol. The van der Waals surface area contributed by atoms with Crippen molar-refractivity contribution in [2.45, 2.75) is 174 Å². The molecule has 0 aromatic heterocycles. The number of hydrogen-bond acceptors (Lipinski definition) is 9. The summed E-state index contributed by atoms with van der Waals surface area (Å²) in [4.78, 5) is 26.5. The number of aliphatic carboxylic acids is 1. The average molecular weight is 1020 g/mol. The number of hydrogen-bond donors (Lipinski definition) is 3. The van der Waals surface area contributed by atoms with Crippen LogP contribution in [0.2, 0.25) is 0 Å². The molecule has 0 spiro atoms. The van der Waals surface area contributed by atoms with Crippen molar-refractivity contribution < 1.29 is 43.5 Å². The van der Waals surface area contributed by atoms with Crippen molar-refractivity contribution in [3.63, 3.8) is 0 Å². The van der Waals surface area contributed by atoms with E-state index in [1.54, 1.807) is 12.2 Å². The van der Waals surface area contributed by atoms with Crippen LogP contribution in [0.4, 0.5) is 5.69 Å². The minimum Gasteiger partial charge on any atom is -0.481 e. The third-order valence-corrected chi connectivity index (χ3v) is 24.0. The van der Waals surface area contributed by atoms with Gasteiger partial charge in [-0.25, -0.2) is 0 Å². The third kappa shape index (κ3) is 9.79. The van der Waals surface area contributed by atoms with Gasteiger partial charge in [0.2, 0.25) is 7.37 Å². The van der Waals surface area contributed by atoms with Crippen LogP contribution < -0.4 is 4.90 Å². The smallest absolute Gasteiger partial charge is 0.303 e. The quantitative estimate of drug-likeness (QED) is 0.0563. The van der Waals surface area contributed by atoms with E-state index in [4.69, 9.17) is 14.0 Å².